The van der Waals surface area contributed by atoms with E-state index in [0.29, 0.717) is 12.6 Å². The molecule has 0 radical (unpaired) electrons. The molecule has 1 unspecified atom stereocenters. The number of imidazole rings is 1. The van der Waals surface area contributed by atoms with Crippen LogP contribution in [0.3, 0.4) is 0 Å². The third-order valence-electron chi connectivity index (χ3n) is 2.34. The molecule has 2 heterocycles. The quantitative estimate of drug-likeness (QED) is 0.836. The van der Waals surface area contributed by atoms with Gasteiger partial charge in [-0.25, -0.2) is 4.98 Å². The minimum atomic E-state index is 0.342. The molecule has 14 heavy (non-hydrogen) atoms. The Morgan fingerprint density at radius 2 is 2.50 bits per heavy atom. The molecule has 0 saturated heterocycles. The van der Waals surface area contributed by atoms with Gasteiger partial charge in [-0.15, -0.1) is 0 Å². The van der Waals surface area contributed by atoms with Gasteiger partial charge in [0.25, 0.3) is 0 Å². The van der Waals surface area contributed by atoms with Crippen LogP contribution in [0.1, 0.15) is 24.2 Å². The molecule has 0 saturated carbocycles. The average molecular weight is 207 g/mol. The lowest BCUT2D eigenvalue weighted by molar-refractivity contribution is 0.640. The van der Waals surface area contributed by atoms with Gasteiger partial charge >= 0.3 is 0 Å². The van der Waals surface area contributed by atoms with Crippen molar-refractivity contribution >= 4 is 11.3 Å². The van der Waals surface area contributed by atoms with Crippen molar-refractivity contribution < 1.29 is 0 Å². The SMILES string of the molecule is CC(c1ccsc1)n1cnc(CN)c1. The molecule has 0 aromatic carbocycles. The second-order valence-corrected chi connectivity index (χ2v) is 4.03. The second-order valence-electron chi connectivity index (χ2n) is 3.25. The van der Waals surface area contributed by atoms with Gasteiger partial charge in [-0.2, -0.15) is 11.3 Å². The molecule has 2 aromatic heterocycles. The van der Waals surface area contributed by atoms with Crippen LogP contribution in [0.25, 0.3) is 0 Å². The van der Waals surface area contributed by atoms with E-state index >= 15 is 0 Å². The fraction of sp³-hybridized carbons (Fsp3) is 0.300. The number of hydrogen-bond acceptors (Lipinski definition) is 3. The van der Waals surface area contributed by atoms with Crippen LogP contribution < -0.4 is 5.73 Å². The molecule has 0 aliphatic rings. The van der Waals surface area contributed by atoms with Gasteiger partial charge in [0.1, 0.15) is 0 Å². The Labute approximate surface area is 87.2 Å². The molecule has 3 nitrogen and oxygen atoms in total. The standard InChI is InChI=1S/C10H13N3S/c1-8(9-2-3-14-6-9)13-5-10(4-11)12-7-13/h2-3,5-8H,4,11H2,1H3. The van der Waals surface area contributed by atoms with Crippen LogP contribution in [0, 0.1) is 0 Å². The molecule has 1 atom stereocenters. The van der Waals surface area contributed by atoms with Gasteiger partial charge < -0.3 is 10.3 Å². The molecule has 74 valence electrons. The molecule has 2 N–H and O–H groups in total. The van der Waals surface area contributed by atoms with E-state index in [1.807, 2.05) is 12.5 Å². The van der Waals surface area contributed by atoms with Gasteiger partial charge in [0.15, 0.2) is 0 Å². The first-order chi connectivity index (χ1) is 6.81. The van der Waals surface area contributed by atoms with Gasteiger partial charge in [0, 0.05) is 12.7 Å². The highest BCUT2D eigenvalue weighted by molar-refractivity contribution is 7.07. The Morgan fingerprint density at radius 1 is 1.64 bits per heavy atom. The summed E-state index contributed by atoms with van der Waals surface area (Å²) in [5, 5.41) is 4.25. The third-order valence-corrected chi connectivity index (χ3v) is 3.04. The molecule has 0 bridgehead atoms. The van der Waals surface area contributed by atoms with E-state index in [1.54, 1.807) is 11.3 Å². The van der Waals surface area contributed by atoms with Crippen molar-refractivity contribution in [3.63, 3.8) is 0 Å². The summed E-state index contributed by atoms with van der Waals surface area (Å²) in [5.41, 5.74) is 7.76. The molecule has 0 aliphatic carbocycles. The molecule has 2 rings (SSSR count). The summed E-state index contributed by atoms with van der Waals surface area (Å²) in [5.74, 6) is 0. The molecular formula is C10H13N3S. The predicted molar refractivity (Wildman–Crippen MR) is 58.3 cm³/mol. The van der Waals surface area contributed by atoms with Gasteiger partial charge in [-0.05, 0) is 29.3 Å². The highest BCUT2D eigenvalue weighted by Gasteiger charge is 2.08. The van der Waals surface area contributed by atoms with Crippen LogP contribution in [-0.2, 0) is 6.54 Å². The molecule has 2 aromatic rings. The zero-order valence-corrected chi connectivity index (χ0v) is 8.87. The number of nitrogens with zero attached hydrogens (tertiary/aromatic N) is 2. The topological polar surface area (TPSA) is 43.8 Å². The first kappa shape index (κ1) is 9.43. The lowest BCUT2D eigenvalue weighted by Crippen LogP contribution is -2.03. The fourth-order valence-electron chi connectivity index (χ4n) is 1.38. The van der Waals surface area contributed by atoms with Gasteiger partial charge in [0.2, 0.25) is 0 Å². The fourth-order valence-corrected chi connectivity index (χ4v) is 2.13. The first-order valence-corrected chi connectivity index (χ1v) is 5.50. The van der Waals surface area contributed by atoms with Crippen molar-refractivity contribution in [1.82, 2.24) is 9.55 Å². The van der Waals surface area contributed by atoms with Gasteiger partial charge in [-0.3, -0.25) is 0 Å². The number of nitrogens with two attached hydrogens (primary N) is 1. The van der Waals surface area contributed by atoms with Crippen LogP contribution in [0.15, 0.2) is 29.4 Å². The van der Waals surface area contributed by atoms with Crippen molar-refractivity contribution in [2.75, 3.05) is 0 Å². The molecule has 4 heteroatoms. The monoisotopic (exact) mass is 207 g/mol. The molecule has 0 aliphatic heterocycles. The van der Waals surface area contributed by atoms with E-state index in [0.717, 1.165) is 5.69 Å². The van der Waals surface area contributed by atoms with Crippen LogP contribution in [0.4, 0.5) is 0 Å². The van der Waals surface area contributed by atoms with Crippen molar-refractivity contribution in [2.24, 2.45) is 5.73 Å². The summed E-state index contributed by atoms with van der Waals surface area (Å²) < 4.78 is 2.09. The van der Waals surface area contributed by atoms with Crippen molar-refractivity contribution in [1.29, 1.82) is 0 Å². The van der Waals surface area contributed by atoms with Gasteiger partial charge in [-0.1, -0.05) is 0 Å². The first-order valence-electron chi connectivity index (χ1n) is 4.55. The molecule has 0 amide bonds. The van der Waals surface area contributed by atoms with Crippen molar-refractivity contribution in [3.05, 3.63) is 40.6 Å². The smallest absolute Gasteiger partial charge is 0.0955 e. The predicted octanol–water partition coefficient (Wildman–Crippen LogP) is 2.01. The maximum absolute atomic E-state index is 5.51. The normalized spacial score (nSPS) is 13.0. The summed E-state index contributed by atoms with van der Waals surface area (Å²) in [7, 11) is 0. The third kappa shape index (κ3) is 1.71. The zero-order valence-electron chi connectivity index (χ0n) is 8.05. The highest BCUT2D eigenvalue weighted by Crippen LogP contribution is 2.20. The lowest BCUT2D eigenvalue weighted by Gasteiger charge is -2.10. The van der Waals surface area contributed by atoms with Crippen LogP contribution in [0.5, 0.6) is 0 Å². The van der Waals surface area contributed by atoms with Gasteiger partial charge in [0.05, 0.1) is 18.1 Å². The molecule has 0 fully saturated rings. The van der Waals surface area contributed by atoms with E-state index < -0.39 is 0 Å². The number of rotatable bonds is 3. The Kier molecular flexibility index (Phi) is 2.65. The van der Waals surface area contributed by atoms with Crippen molar-refractivity contribution in [3.8, 4) is 0 Å². The van der Waals surface area contributed by atoms with Crippen LogP contribution in [-0.4, -0.2) is 9.55 Å². The summed E-state index contributed by atoms with van der Waals surface area (Å²) in [6.07, 6.45) is 3.84. The Bertz CT molecular complexity index is 391. The summed E-state index contributed by atoms with van der Waals surface area (Å²) in [6, 6.07) is 2.48. The van der Waals surface area contributed by atoms with E-state index in [2.05, 4.69) is 33.3 Å². The van der Waals surface area contributed by atoms with E-state index in [4.69, 9.17) is 5.73 Å². The van der Waals surface area contributed by atoms with Crippen LogP contribution >= 0.6 is 11.3 Å². The zero-order chi connectivity index (χ0) is 9.97. The maximum Gasteiger partial charge on any atom is 0.0955 e. The van der Waals surface area contributed by atoms with Crippen molar-refractivity contribution in [2.45, 2.75) is 19.5 Å². The number of hydrogen-bond donors (Lipinski definition) is 1. The highest BCUT2D eigenvalue weighted by atomic mass is 32.1. The summed E-state index contributed by atoms with van der Waals surface area (Å²) in [4.78, 5) is 4.21. The summed E-state index contributed by atoms with van der Waals surface area (Å²) in [6.45, 7) is 2.66. The summed E-state index contributed by atoms with van der Waals surface area (Å²) >= 11 is 1.72. The largest absolute Gasteiger partial charge is 0.330 e. The minimum Gasteiger partial charge on any atom is -0.330 e. The molecule has 0 spiro atoms. The van der Waals surface area contributed by atoms with E-state index in [-0.39, 0.29) is 0 Å². The lowest BCUT2D eigenvalue weighted by atomic mass is 10.2. The molecular weight excluding hydrogens is 194 g/mol. The second kappa shape index (κ2) is 3.94. The average Bonchev–Trinajstić information content (AvgIpc) is 2.88. The van der Waals surface area contributed by atoms with E-state index in [1.165, 1.54) is 5.56 Å². The van der Waals surface area contributed by atoms with E-state index in [9.17, 15) is 0 Å². The van der Waals surface area contributed by atoms with Crippen LogP contribution in [0.2, 0.25) is 0 Å². The Balaban J connectivity index is 2.23. The minimum absolute atomic E-state index is 0.342. The maximum atomic E-state index is 5.51. The Hall–Kier alpha value is -1.13. The number of thiophene rings is 1. The Morgan fingerprint density at radius 3 is 3.07 bits per heavy atom. The number of aromatic nitrogens is 2.